The van der Waals surface area contributed by atoms with Gasteiger partial charge in [-0.15, -0.1) is 0 Å². The number of hydrogen-bond donors (Lipinski definition) is 1. The molecule has 0 aliphatic carbocycles. The van der Waals surface area contributed by atoms with E-state index in [1.54, 1.807) is 18.8 Å². The van der Waals surface area contributed by atoms with Crippen LogP contribution in [0.5, 0.6) is 5.75 Å². The summed E-state index contributed by atoms with van der Waals surface area (Å²) < 4.78 is 18.1. The van der Waals surface area contributed by atoms with Gasteiger partial charge in [-0.3, -0.25) is 9.88 Å². The molecule has 0 heterocycles. The number of nitrogens with one attached hydrogen (secondary N) is 1. The average molecular weight is 328 g/mol. The van der Waals surface area contributed by atoms with Gasteiger partial charge >= 0.3 is 0 Å². The summed E-state index contributed by atoms with van der Waals surface area (Å²) >= 11 is 0. The summed E-state index contributed by atoms with van der Waals surface area (Å²) in [5.41, 5.74) is 1.12. The summed E-state index contributed by atoms with van der Waals surface area (Å²) in [6, 6.07) is 20.9. The van der Waals surface area contributed by atoms with Crippen LogP contribution < -0.4 is 9.84 Å². The minimum Gasteiger partial charge on any atom is -0.443 e. The van der Waals surface area contributed by atoms with Gasteiger partial charge < -0.3 is 4.52 Å². The number of nitriles is 1. The van der Waals surface area contributed by atoms with Gasteiger partial charge in [0.25, 0.3) is 0 Å². The largest absolute Gasteiger partial charge is 0.443 e. The topological polar surface area (TPSA) is 62.1 Å². The van der Waals surface area contributed by atoms with Crippen LogP contribution in [0.25, 0.3) is 0 Å². The molecule has 0 amide bonds. The summed E-state index contributed by atoms with van der Waals surface area (Å²) in [7, 11) is -2.77. The highest BCUT2D eigenvalue weighted by molar-refractivity contribution is 7.58. The number of hydrogen-bond acceptors (Lipinski definition) is 4. The van der Waals surface area contributed by atoms with E-state index in [0.29, 0.717) is 24.9 Å². The zero-order valence-corrected chi connectivity index (χ0v) is 14.1. The van der Waals surface area contributed by atoms with Crippen molar-refractivity contribution in [3.05, 3.63) is 66.2 Å². The van der Waals surface area contributed by atoms with Crippen LogP contribution in [0.15, 0.2) is 60.7 Å². The molecule has 120 valence electrons. The first-order chi connectivity index (χ1) is 11.1. The highest BCUT2D eigenvalue weighted by Gasteiger charge is 2.20. The Morgan fingerprint density at radius 2 is 1.74 bits per heavy atom. The lowest BCUT2D eigenvalue weighted by molar-refractivity contribution is 0.480. The predicted octanol–water partition coefficient (Wildman–Crippen LogP) is 4.05. The van der Waals surface area contributed by atoms with E-state index >= 15 is 0 Å². The van der Waals surface area contributed by atoms with Crippen molar-refractivity contribution in [1.29, 1.82) is 5.26 Å². The van der Waals surface area contributed by atoms with Crippen molar-refractivity contribution < 1.29 is 9.09 Å². The molecule has 0 aliphatic rings. The Labute approximate surface area is 137 Å². The van der Waals surface area contributed by atoms with Gasteiger partial charge in [0.2, 0.25) is 7.37 Å². The van der Waals surface area contributed by atoms with E-state index < -0.39 is 7.37 Å². The smallest absolute Gasteiger partial charge is 0.245 e. The lowest BCUT2D eigenvalue weighted by Crippen LogP contribution is -2.28. The monoisotopic (exact) mass is 328 g/mol. The molecule has 2 rings (SSSR count). The Balaban J connectivity index is 1.82. The second kappa shape index (κ2) is 8.53. The van der Waals surface area contributed by atoms with E-state index in [-0.39, 0.29) is 6.04 Å². The molecule has 0 saturated carbocycles. The fourth-order valence-electron chi connectivity index (χ4n) is 2.16. The molecule has 0 aromatic heterocycles. The van der Waals surface area contributed by atoms with Gasteiger partial charge in [-0.2, -0.15) is 5.26 Å². The van der Waals surface area contributed by atoms with Crippen molar-refractivity contribution >= 4 is 7.37 Å². The van der Waals surface area contributed by atoms with Crippen molar-refractivity contribution in [3.63, 3.8) is 0 Å². The molecule has 2 aromatic rings. The SMILES string of the molecule is CP(=O)(CCC(C#N)NCc1ccccc1)Oc1ccccc1. The van der Waals surface area contributed by atoms with Crippen LogP contribution in [-0.4, -0.2) is 18.9 Å². The second-order valence-corrected chi connectivity index (χ2v) is 8.14. The molecule has 0 aliphatic heterocycles. The van der Waals surface area contributed by atoms with Crippen molar-refractivity contribution in [3.8, 4) is 11.8 Å². The minimum absolute atomic E-state index is 0.345. The van der Waals surface area contributed by atoms with E-state index in [2.05, 4.69) is 11.4 Å². The van der Waals surface area contributed by atoms with Gasteiger partial charge in [0.1, 0.15) is 5.75 Å². The van der Waals surface area contributed by atoms with Gasteiger partial charge in [-0.1, -0.05) is 48.5 Å². The number of para-hydroxylation sites is 1. The van der Waals surface area contributed by atoms with E-state index in [0.717, 1.165) is 5.56 Å². The Morgan fingerprint density at radius 3 is 2.35 bits per heavy atom. The van der Waals surface area contributed by atoms with E-state index in [1.807, 2.05) is 48.5 Å². The fourth-order valence-corrected chi connectivity index (χ4v) is 3.55. The van der Waals surface area contributed by atoms with Gasteiger partial charge in [0.15, 0.2) is 0 Å². The first-order valence-electron chi connectivity index (χ1n) is 7.57. The summed E-state index contributed by atoms with van der Waals surface area (Å²) in [4.78, 5) is 0. The summed E-state index contributed by atoms with van der Waals surface area (Å²) in [6.45, 7) is 2.23. The zero-order valence-electron chi connectivity index (χ0n) is 13.2. The Bertz CT molecular complexity index is 683. The fraction of sp³-hybridized carbons (Fsp3) is 0.278. The normalized spacial score (nSPS) is 14.4. The highest BCUT2D eigenvalue weighted by Crippen LogP contribution is 2.43. The summed E-state index contributed by atoms with van der Waals surface area (Å²) in [6.07, 6.45) is 0.853. The van der Waals surface area contributed by atoms with Gasteiger partial charge in [-0.05, 0) is 24.1 Å². The zero-order chi connectivity index (χ0) is 16.5. The van der Waals surface area contributed by atoms with Gasteiger partial charge in [0.05, 0.1) is 12.1 Å². The molecule has 0 radical (unpaired) electrons. The molecule has 5 heteroatoms. The van der Waals surface area contributed by atoms with Crippen molar-refractivity contribution in [1.82, 2.24) is 5.32 Å². The molecule has 0 bridgehead atoms. The van der Waals surface area contributed by atoms with Gasteiger partial charge in [0, 0.05) is 19.4 Å². The summed E-state index contributed by atoms with van der Waals surface area (Å²) in [5, 5.41) is 12.4. The Hall–Kier alpha value is -2.08. The van der Waals surface area contributed by atoms with E-state index in [9.17, 15) is 9.83 Å². The molecule has 0 saturated heterocycles. The third-order valence-electron chi connectivity index (χ3n) is 3.42. The number of nitrogens with zero attached hydrogens (tertiary/aromatic N) is 1. The third-order valence-corrected chi connectivity index (χ3v) is 5.08. The van der Waals surface area contributed by atoms with Crippen LogP contribution in [0.2, 0.25) is 0 Å². The lowest BCUT2D eigenvalue weighted by Gasteiger charge is -2.17. The van der Waals surface area contributed by atoms with Crippen LogP contribution in [0, 0.1) is 11.3 Å². The molecule has 2 atom stereocenters. The first kappa shape index (κ1) is 17.3. The van der Waals surface area contributed by atoms with Crippen molar-refractivity contribution in [2.75, 3.05) is 12.8 Å². The maximum Gasteiger partial charge on any atom is 0.245 e. The molecule has 1 N–H and O–H groups in total. The quantitative estimate of drug-likeness (QED) is 0.743. The second-order valence-electron chi connectivity index (χ2n) is 5.48. The van der Waals surface area contributed by atoms with Crippen LogP contribution in [-0.2, 0) is 11.1 Å². The number of rotatable bonds is 8. The standard InChI is InChI=1S/C18H21N2O2P/c1-23(21,22-18-10-6-3-7-11-18)13-12-17(14-19)20-15-16-8-4-2-5-9-16/h2-11,17,20H,12-13,15H2,1H3. The van der Waals surface area contributed by atoms with Crippen molar-refractivity contribution in [2.45, 2.75) is 19.0 Å². The summed E-state index contributed by atoms with van der Waals surface area (Å²) in [5.74, 6) is 0.601. The molecular weight excluding hydrogens is 307 g/mol. The molecule has 2 aromatic carbocycles. The number of benzene rings is 2. The third kappa shape index (κ3) is 6.28. The molecule has 0 fully saturated rings. The van der Waals surface area contributed by atoms with Crippen LogP contribution in [0.3, 0.4) is 0 Å². The molecule has 23 heavy (non-hydrogen) atoms. The minimum atomic E-state index is -2.77. The van der Waals surface area contributed by atoms with Crippen LogP contribution in [0.1, 0.15) is 12.0 Å². The van der Waals surface area contributed by atoms with E-state index in [4.69, 9.17) is 4.52 Å². The molecule has 2 unspecified atom stereocenters. The van der Waals surface area contributed by atoms with Crippen molar-refractivity contribution in [2.24, 2.45) is 0 Å². The maximum atomic E-state index is 12.5. The Kier molecular flexibility index (Phi) is 6.40. The van der Waals surface area contributed by atoms with Crippen LogP contribution in [0.4, 0.5) is 0 Å². The molecule has 4 nitrogen and oxygen atoms in total. The highest BCUT2D eigenvalue weighted by atomic mass is 31.2. The van der Waals surface area contributed by atoms with Gasteiger partial charge in [-0.25, -0.2) is 0 Å². The Morgan fingerprint density at radius 1 is 1.13 bits per heavy atom. The molecule has 0 spiro atoms. The molecular formula is C18H21N2O2P. The first-order valence-corrected chi connectivity index (χ1v) is 9.83. The maximum absolute atomic E-state index is 12.5. The predicted molar refractivity (Wildman–Crippen MR) is 92.8 cm³/mol. The lowest BCUT2D eigenvalue weighted by atomic mass is 10.2. The van der Waals surface area contributed by atoms with Crippen LogP contribution >= 0.6 is 7.37 Å². The average Bonchev–Trinajstić information content (AvgIpc) is 2.56. The van der Waals surface area contributed by atoms with E-state index in [1.165, 1.54) is 0 Å².